The van der Waals surface area contributed by atoms with E-state index in [1.807, 2.05) is 13.8 Å². The van der Waals surface area contributed by atoms with Crippen LogP contribution in [0.25, 0.3) is 0 Å². The Balaban J connectivity index is 3.17. The van der Waals surface area contributed by atoms with Crippen molar-refractivity contribution < 1.29 is 18.0 Å². The fraction of sp³-hybridized carbons (Fsp3) is 0.615. The van der Waals surface area contributed by atoms with Gasteiger partial charge in [0.2, 0.25) is 0 Å². The Hall–Kier alpha value is -1.86. The number of aromatic nitrogens is 2. The molecule has 0 unspecified atom stereocenters. The van der Waals surface area contributed by atoms with E-state index in [0.29, 0.717) is 10.7 Å². The van der Waals surface area contributed by atoms with Crippen molar-refractivity contribution in [1.82, 2.24) is 14.9 Å². The lowest BCUT2D eigenvalue weighted by Gasteiger charge is -2.27. The number of hydrogen-bond donors (Lipinski definition) is 1. The highest BCUT2D eigenvalue weighted by Gasteiger charge is 2.35. The highest BCUT2D eigenvalue weighted by Crippen LogP contribution is 2.22. The summed E-state index contributed by atoms with van der Waals surface area (Å²) in [5.41, 5.74) is 5.42. The van der Waals surface area contributed by atoms with Crippen molar-refractivity contribution >= 4 is 11.6 Å². The number of anilines is 1. The number of alkyl halides is 3. The van der Waals surface area contributed by atoms with Gasteiger partial charge in [-0.25, -0.2) is 9.97 Å². The molecule has 1 heterocycles. The third-order valence-corrected chi connectivity index (χ3v) is 2.79. The van der Waals surface area contributed by atoms with Crippen molar-refractivity contribution in [1.29, 1.82) is 0 Å². The minimum atomic E-state index is -4.48. The lowest BCUT2D eigenvalue weighted by atomic mass is 10.2. The van der Waals surface area contributed by atoms with E-state index in [-0.39, 0.29) is 17.3 Å². The van der Waals surface area contributed by atoms with Crippen molar-refractivity contribution in [2.24, 2.45) is 0 Å². The molecule has 1 aromatic rings. The molecule has 1 aromatic heterocycles. The monoisotopic (exact) mass is 304 g/mol. The highest BCUT2D eigenvalue weighted by atomic mass is 19.4. The molecule has 0 atom stereocenters. The molecule has 0 fully saturated rings. The number of carbonyl (C=O) groups excluding carboxylic acids is 1. The summed E-state index contributed by atoms with van der Waals surface area (Å²) < 4.78 is 37.8. The zero-order valence-electron chi connectivity index (χ0n) is 12.4. The van der Waals surface area contributed by atoms with Gasteiger partial charge in [0.05, 0.1) is 11.9 Å². The van der Waals surface area contributed by atoms with Crippen LogP contribution in [-0.4, -0.2) is 39.5 Å². The Labute approximate surface area is 121 Å². The average Bonchev–Trinajstić information content (AvgIpc) is 2.34. The van der Waals surface area contributed by atoms with Crippen molar-refractivity contribution in [3.05, 3.63) is 17.7 Å². The lowest BCUT2D eigenvalue weighted by molar-refractivity contribution is -0.143. The number of nitrogens with two attached hydrogens (primary N) is 1. The first kappa shape index (κ1) is 17.2. The summed E-state index contributed by atoms with van der Waals surface area (Å²) in [6, 6.07) is -0.629. The van der Waals surface area contributed by atoms with Gasteiger partial charge in [0.25, 0.3) is 5.91 Å². The van der Waals surface area contributed by atoms with E-state index in [9.17, 15) is 18.0 Å². The number of halogens is 3. The molecule has 0 saturated heterocycles. The van der Waals surface area contributed by atoms with Gasteiger partial charge in [-0.2, -0.15) is 13.2 Å². The number of amides is 1. The molecule has 0 aliphatic carbocycles. The number of rotatable bonds is 4. The van der Waals surface area contributed by atoms with Gasteiger partial charge in [0.15, 0.2) is 5.69 Å². The summed E-state index contributed by atoms with van der Waals surface area (Å²) in [6.07, 6.45) is -3.23. The van der Waals surface area contributed by atoms with Crippen molar-refractivity contribution in [2.75, 3.05) is 12.3 Å². The first-order valence-corrected chi connectivity index (χ1v) is 6.53. The third-order valence-electron chi connectivity index (χ3n) is 2.79. The standard InChI is InChI=1S/C13H19F3N4O/c1-7(2)11-18-5-9(17)10(19-11)12(21)20(8(3)4)6-13(14,15)16/h5,7-8H,6,17H2,1-4H3. The van der Waals surface area contributed by atoms with Crippen LogP contribution >= 0.6 is 0 Å². The van der Waals surface area contributed by atoms with Crippen molar-refractivity contribution in [2.45, 2.75) is 45.8 Å². The van der Waals surface area contributed by atoms with Gasteiger partial charge in [0.1, 0.15) is 12.4 Å². The molecular weight excluding hydrogens is 285 g/mol. The van der Waals surface area contributed by atoms with Gasteiger partial charge in [-0.15, -0.1) is 0 Å². The molecular formula is C13H19F3N4O. The number of carbonyl (C=O) groups is 1. The predicted molar refractivity (Wildman–Crippen MR) is 72.8 cm³/mol. The van der Waals surface area contributed by atoms with E-state index in [1.165, 1.54) is 20.0 Å². The Bertz CT molecular complexity index is 515. The molecule has 1 amide bonds. The molecule has 0 spiro atoms. The van der Waals surface area contributed by atoms with Crippen LogP contribution in [-0.2, 0) is 0 Å². The molecule has 8 heteroatoms. The van der Waals surface area contributed by atoms with E-state index in [2.05, 4.69) is 9.97 Å². The van der Waals surface area contributed by atoms with Gasteiger partial charge in [0, 0.05) is 12.0 Å². The molecule has 21 heavy (non-hydrogen) atoms. The van der Waals surface area contributed by atoms with Gasteiger partial charge in [-0.1, -0.05) is 13.8 Å². The van der Waals surface area contributed by atoms with Crippen LogP contribution in [0.5, 0.6) is 0 Å². The molecule has 0 saturated carbocycles. The summed E-state index contributed by atoms with van der Waals surface area (Å²) in [4.78, 5) is 21.0. The Morgan fingerprint density at radius 3 is 2.33 bits per heavy atom. The fourth-order valence-corrected chi connectivity index (χ4v) is 1.67. The first-order valence-electron chi connectivity index (χ1n) is 6.53. The van der Waals surface area contributed by atoms with Gasteiger partial charge < -0.3 is 10.6 Å². The zero-order valence-corrected chi connectivity index (χ0v) is 12.4. The van der Waals surface area contributed by atoms with Gasteiger partial charge >= 0.3 is 6.18 Å². The maximum atomic E-state index is 12.6. The van der Waals surface area contributed by atoms with Crippen LogP contribution in [0.15, 0.2) is 6.20 Å². The van der Waals surface area contributed by atoms with E-state index >= 15 is 0 Å². The minimum absolute atomic E-state index is 0.0303. The smallest absolute Gasteiger partial charge is 0.396 e. The normalized spacial score (nSPS) is 12.0. The predicted octanol–water partition coefficient (Wildman–Crippen LogP) is 2.60. The quantitative estimate of drug-likeness (QED) is 0.928. The third kappa shape index (κ3) is 4.57. The van der Waals surface area contributed by atoms with Crippen LogP contribution < -0.4 is 5.73 Å². The summed E-state index contributed by atoms with van der Waals surface area (Å²) >= 11 is 0. The van der Waals surface area contributed by atoms with Gasteiger partial charge in [-0.05, 0) is 13.8 Å². The Morgan fingerprint density at radius 2 is 1.90 bits per heavy atom. The SMILES string of the molecule is CC(C)c1ncc(N)c(C(=O)N(CC(F)(F)F)C(C)C)n1. The summed E-state index contributed by atoms with van der Waals surface area (Å²) in [5.74, 6) is -0.542. The second-order valence-corrected chi connectivity index (χ2v) is 5.33. The van der Waals surface area contributed by atoms with Crippen LogP contribution in [0.4, 0.5) is 18.9 Å². The maximum Gasteiger partial charge on any atom is 0.406 e. The molecule has 0 aromatic carbocycles. The second kappa shape index (κ2) is 6.28. The Morgan fingerprint density at radius 1 is 1.33 bits per heavy atom. The van der Waals surface area contributed by atoms with E-state index in [1.54, 1.807) is 0 Å². The average molecular weight is 304 g/mol. The number of nitrogens with zero attached hydrogens (tertiary/aromatic N) is 3. The van der Waals surface area contributed by atoms with Crippen LogP contribution in [0, 0.1) is 0 Å². The Kier molecular flexibility index (Phi) is 5.14. The summed E-state index contributed by atoms with van der Waals surface area (Å²) in [5, 5.41) is 0. The molecule has 2 N–H and O–H groups in total. The van der Waals surface area contributed by atoms with E-state index in [0.717, 1.165) is 0 Å². The topological polar surface area (TPSA) is 72.1 Å². The molecule has 0 aliphatic rings. The highest BCUT2D eigenvalue weighted by molar-refractivity contribution is 5.97. The molecule has 5 nitrogen and oxygen atoms in total. The summed E-state index contributed by atoms with van der Waals surface area (Å²) in [7, 11) is 0. The van der Waals surface area contributed by atoms with E-state index < -0.39 is 24.7 Å². The molecule has 118 valence electrons. The van der Waals surface area contributed by atoms with Crippen molar-refractivity contribution in [3.8, 4) is 0 Å². The molecule has 0 aliphatic heterocycles. The fourth-order valence-electron chi connectivity index (χ4n) is 1.67. The molecule has 1 rings (SSSR count). The maximum absolute atomic E-state index is 12.6. The minimum Gasteiger partial charge on any atom is -0.396 e. The molecule has 0 bridgehead atoms. The van der Waals surface area contributed by atoms with Crippen LogP contribution in [0.1, 0.15) is 49.9 Å². The van der Waals surface area contributed by atoms with Crippen LogP contribution in [0.2, 0.25) is 0 Å². The second-order valence-electron chi connectivity index (χ2n) is 5.33. The van der Waals surface area contributed by atoms with Crippen LogP contribution in [0.3, 0.4) is 0 Å². The largest absolute Gasteiger partial charge is 0.406 e. The van der Waals surface area contributed by atoms with E-state index in [4.69, 9.17) is 5.73 Å². The lowest BCUT2D eigenvalue weighted by Crippen LogP contribution is -2.44. The molecule has 0 radical (unpaired) electrons. The number of nitrogen functional groups attached to an aromatic ring is 1. The zero-order chi connectivity index (χ0) is 16.4. The summed E-state index contributed by atoms with van der Waals surface area (Å²) in [6.45, 7) is 5.30. The van der Waals surface area contributed by atoms with Gasteiger partial charge in [-0.3, -0.25) is 4.79 Å². The number of hydrogen-bond acceptors (Lipinski definition) is 4. The first-order chi connectivity index (χ1) is 9.53. The van der Waals surface area contributed by atoms with Crippen molar-refractivity contribution in [3.63, 3.8) is 0 Å².